The Balaban J connectivity index is 2.53. The molecule has 0 spiro atoms. The van der Waals surface area contributed by atoms with E-state index in [1.807, 2.05) is 0 Å². The molecule has 0 aliphatic carbocycles. The molecule has 2 heterocycles. The predicted molar refractivity (Wildman–Crippen MR) is 122 cm³/mol. The molecule has 0 bridgehead atoms. The van der Waals surface area contributed by atoms with Gasteiger partial charge in [0.15, 0.2) is 36.0 Å². The molecule has 1 aromatic rings. The van der Waals surface area contributed by atoms with E-state index in [0.717, 1.165) is 34.6 Å². The first-order valence-corrected chi connectivity index (χ1v) is 11.2. The summed E-state index contributed by atoms with van der Waals surface area (Å²) in [6.07, 6.45) is -6.06. The van der Waals surface area contributed by atoms with Crippen LogP contribution in [0.4, 0.5) is 0 Å². The van der Waals surface area contributed by atoms with Gasteiger partial charge >= 0.3 is 29.8 Å². The van der Waals surface area contributed by atoms with E-state index in [0.29, 0.717) is 0 Å². The number of esters is 5. The molecular weight excluding hydrogens is 512 g/mol. The summed E-state index contributed by atoms with van der Waals surface area (Å²) in [6, 6.07) is 1.35. The Hall–Kier alpha value is -4.27. The summed E-state index contributed by atoms with van der Waals surface area (Å²) in [7, 11) is 1.28. The van der Waals surface area contributed by atoms with Crippen LogP contribution in [0.15, 0.2) is 12.3 Å². The highest BCUT2D eigenvalue weighted by Gasteiger charge is 2.52. The first-order valence-electron chi connectivity index (χ1n) is 11.2. The molecule has 0 unspecified atom stereocenters. The van der Waals surface area contributed by atoms with Crippen molar-refractivity contribution in [2.45, 2.75) is 65.3 Å². The van der Waals surface area contributed by atoms with Crippen molar-refractivity contribution in [3.05, 3.63) is 18.0 Å². The SMILES string of the molecule is COc1ccnc(C(=O)N[C@@H]2O[C@H](COC(C)=O)[C@H](OC(C)=O)[C@H](OC(C)=O)[C@H]2OC(C)=O)c1OC(C)=O. The van der Waals surface area contributed by atoms with Crippen molar-refractivity contribution in [3.63, 3.8) is 0 Å². The fraction of sp³-hybridized carbons (Fsp3) is 0.522. The lowest BCUT2D eigenvalue weighted by Crippen LogP contribution is -2.66. The van der Waals surface area contributed by atoms with Crippen molar-refractivity contribution in [3.8, 4) is 11.5 Å². The highest BCUT2D eigenvalue weighted by atomic mass is 16.7. The number of nitrogens with zero attached hydrogens (tertiary/aromatic N) is 1. The van der Waals surface area contributed by atoms with Crippen molar-refractivity contribution in [2.24, 2.45) is 0 Å². The summed E-state index contributed by atoms with van der Waals surface area (Å²) in [4.78, 5) is 75.9. The molecule has 1 aliphatic heterocycles. The molecule has 208 valence electrons. The first-order chi connectivity index (χ1) is 17.8. The summed E-state index contributed by atoms with van der Waals surface area (Å²) in [6.45, 7) is 4.93. The van der Waals surface area contributed by atoms with Crippen LogP contribution in [0, 0.1) is 0 Å². The molecule has 1 aliphatic rings. The van der Waals surface area contributed by atoms with E-state index < -0.39 is 78.7 Å². The summed E-state index contributed by atoms with van der Waals surface area (Å²) in [5.74, 6) is -5.22. The van der Waals surface area contributed by atoms with Crippen molar-refractivity contribution in [1.29, 1.82) is 0 Å². The number of amides is 1. The Kier molecular flexibility index (Phi) is 10.5. The Labute approximate surface area is 217 Å². The minimum atomic E-state index is -1.55. The van der Waals surface area contributed by atoms with Gasteiger partial charge in [0, 0.05) is 46.9 Å². The summed E-state index contributed by atoms with van der Waals surface area (Å²) in [5.41, 5.74) is -0.396. The molecule has 0 aromatic carbocycles. The fourth-order valence-corrected chi connectivity index (χ4v) is 3.54. The van der Waals surface area contributed by atoms with Gasteiger partial charge in [-0.15, -0.1) is 0 Å². The van der Waals surface area contributed by atoms with Gasteiger partial charge < -0.3 is 38.5 Å². The molecule has 1 N–H and O–H groups in total. The Morgan fingerprint density at radius 2 is 1.42 bits per heavy atom. The van der Waals surface area contributed by atoms with Gasteiger partial charge in [0.05, 0.1) is 7.11 Å². The van der Waals surface area contributed by atoms with Crippen molar-refractivity contribution in [2.75, 3.05) is 13.7 Å². The number of nitrogens with one attached hydrogen (secondary N) is 1. The Bertz CT molecular complexity index is 1090. The van der Waals surface area contributed by atoms with E-state index in [-0.39, 0.29) is 11.5 Å². The van der Waals surface area contributed by atoms with Gasteiger partial charge in [-0.25, -0.2) is 4.98 Å². The molecule has 15 nitrogen and oxygen atoms in total. The molecule has 0 radical (unpaired) electrons. The first kappa shape index (κ1) is 30.0. The highest BCUT2D eigenvalue weighted by molar-refractivity contribution is 5.96. The van der Waals surface area contributed by atoms with Crippen LogP contribution < -0.4 is 14.8 Å². The average Bonchev–Trinajstić information content (AvgIpc) is 2.80. The fourth-order valence-electron chi connectivity index (χ4n) is 3.54. The normalized spacial score (nSPS) is 22.3. The molecule has 1 fully saturated rings. The van der Waals surface area contributed by atoms with Crippen molar-refractivity contribution in [1.82, 2.24) is 10.3 Å². The molecule has 38 heavy (non-hydrogen) atoms. The maximum Gasteiger partial charge on any atom is 0.308 e. The molecule has 1 amide bonds. The van der Waals surface area contributed by atoms with E-state index >= 15 is 0 Å². The molecule has 2 rings (SSSR count). The third kappa shape index (κ3) is 8.12. The topological polar surface area (TPSA) is 192 Å². The van der Waals surface area contributed by atoms with Gasteiger partial charge in [-0.05, 0) is 0 Å². The van der Waals surface area contributed by atoms with Gasteiger partial charge in [0.1, 0.15) is 12.7 Å². The lowest BCUT2D eigenvalue weighted by Gasteiger charge is -2.44. The van der Waals surface area contributed by atoms with Crippen LogP contribution in [0.2, 0.25) is 0 Å². The van der Waals surface area contributed by atoms with Gasteiger partial charge in [-0.3, -0.25) is 28.8 Å². The average molecular weight is 540 g/mol. The van der Waals surface area contributed by atoms with Crippen LogP contribution >= 0.6 is 0 Å². The molecular formula is C23H28N2O13. The Morgan fingerprint density at radius 1 is 0.842 bits per heavy atom. The van der Waals surface area contributed by atoms with E-state index in [2.05, 4.69) is 10.3 Å². The number of pyridine rings is 1. The number of aromatic nitrogens is 1. The minimum Gasteiger partial charge on any atom is -0.493 e. The standard InChI is InChI=1S/C23H28N2O13/c1-10(26)33-9-16-19(35-12(3)28)20(36-13(4)29)21(37-14(5)30)23(38-16)25-22(31)17-18(34-11(2)27)15(32-6)7-8-24-17/h7-8,16,19-21,23H,9H2,1-6H3,(H,25,31)/t16-,19+,20+,21-,23-/m1/s1. The van der Waals surface area contributed by atoms with Gasteiger partial charge in [-0.2, -0.15) is 0 Å². The van der Waals surface area contributed by atoms with Gasteiger partial charge in [0.2, 0.25) is 5.75 Å². The van der Waals surface area contributed by atoms with E-state index in [9.17, 15) is 28.8 Å². The van der Waals surface area contributed by atoms with Gasteiger partial charge in [0.25, 0.3) is 5.91 Å². The van der Waals surface area contributed by atoms with Crippen molar-refractivity contribution < 1.29 is 61.9 Å². The quantitative estimate of drug-likeness (QED) is 0.320. The van der Waals surface area contributed by atoms with Crippen molar-refractivity contribution >= 4 is 35.8 Å². The lowest BCUT2D eigenvalue weighted by molar-refractivity contribution is -0.255. The van der Waals surface area contributed by atoms with Gasteiger partial charge in [-0.1, -0.05) is 0 Å². The summed E-state index contributed by atoms with van der Waals surface area (Å²) >= 11 is 0. The third-order valence-corrected chi connectivity index (χ3v) is 4.81. The van der Waals surface area contributed by atoms with Crippen LogP contribution in [-0.2, 0) is 47.7 Å². The van der Waals surface area contributed by atoms with Crippen LogP contribution in [0.3, 0.4) is 0 Å². The van der Waals surface area contributed by atoms with E-state index in [4.69, 9.17) is 33.2 Å². The number of methoxy groups -OCH3 is 1. The minimum absolute atomic E-state index is 0.0156. The second-order valence-corrected chi connectivity index (χ2v) is 7.88. The maximum atomic E-state index is 13.3. The molecule has 0 saturated carbocycles. The zero-order valence-corrected chi connectivity index (χ0v) is 21.5. The zero-order chi connectivity index (χ0) is 28.6. The molecule has 1 aromatic heterocycles. The number of ether oxygens (including phenoxy) is 7. The largest absolute Gasteiger partial charge is 0.493 e. The van der Waals surface area contributed by atoms with Crippen LogP contribution in [-0.4, -0.2) is 85.1 Å². The second-order valence-electron chi connectivity index (χ2n) is 7.88. The smallest absolute Gasteiger partial charge is 0.308 e. The number of rotatable bonds is 9. The van der Waals surface area contributed by atoms with Crippen LogP contribution in [0.5, 0.6) is 11.5 Å². The van der Waals surface area contributed by atoms with E-state index in [1.165, 1.54) is 19.4 Å². The number of hydrogen-bond acceptors (Lipinski definition) is 14. The Morgan fingerprint density at radius 3 is 1.95 bits per heavy atom. The molecule has 5 atom stereocenters. The highest BCUT2D eigenvalue weighted by Crippen LogP contribution is 2.31. The maximum absolute atomic E-state index is 13.3. The lowest BCUT2D eigenvalue weighted by atomic mass is 9.97. The van der Waals surface area contributed by atoms with Crippen LogP contribution in [0.25, 0.3) is 0 Å². The number of hydrogen-bond donors (Lipinski definition) is 1. The zero-order valence-electron chi connectivity index (χ0n) is 21.5. The third-order valence-electron chi connectivity index (χ3n) is 4.81. The molecule has 1 saturated heterocycles. The van der Waals surface area contributed by atoms with E-state index in [1.54, 1.807) is 0 Å². The number of carbonyl (C=O) groups is 6. The second kappa shape index (κ2) is 13.3. The van der Waals surface area contributed by atoms with Crippen LogP contribution in [0.1, 0.15) is 45.1 Å². The summed E-state index contributed by atoms with van der Waals surface area (Å²) < 4.78 is 36.9. The molecule has 15 heteroatoms. The monoisotopic (exact) mass is 540 g/mol. The number of carbonyl (C=O) groups excluding carboxylic acids is 6. The predicted octanol–water partition coefficient (Wildman–Crippen LogP) is -0.172. The summed E-state index contributed by atoms with van der Waals surface area (Å²) in [5, 5.41) is 2.43.